The van der Waals surface area contributed by atoms with Gasteiger partial charge < -0.3 is 16.0 Å². The molecule has 0 amide bonds. The van der Waals surface area contributed by atoms with Gasteiger partial charge in [0, 0.05) is 33.3 Å². The number of aryl methyl sites for hydroxylation is 1. The summed E-state index contributed by atoms with van der Waals surface area (Å²) in [5, 5.41) is 1.79. The number of carbonyl (C=O) groups excluding carboxylic acids is 1. The molecule has 8 heteroatoms. The summed E-state index contributed by atoms with van der Waals surface area (Å²) in [6.45, 7) is 0. The van der Waals surface area contributed by atoms with Crippen molar-refractivity contribution >= 4 is 84.5 Å². The van der Waals surface area contributed by atoms with Crippen molar-refractivity contribution in [1.82, 2.24) is 14.5 Å². The summed E-state index contributed by atoms with van der Waals surface area (Å²) in [5.41, 5.74) is 16.6. The Hall–Kier alpha value is -1.95. The quantitative estimate of drug-likeness (QED) is 0.214. The highest BCUT2D eigenvalue weighted by Crippen LogP contribution is 2.41. The second-order valence-electron chi connectivity index (χ2n) is 6.20. The van der Waals surface area contributed by atoms with Crippen LogP contribution in [0.15, 0.2) is 36.5 Å². The molecule has 4 rings (SSSR count). The fourth-order valence-corrected chi connectivity index (χ4v) is 4.75. The van der Waals surface area contributed by atoms with E-state index in [0.717, 1.165) is 36.5 Å². The third-order valence-corrected chi connectivity index (χ3v) is 6.32. The third-order valence-electron chi connectivity index (χ3n) is 4.58. The molecule has 0 aliphatic rings. The number of benzene rings is 2. The first-order valence-electron chi connectivity index (χ1n) is 8.11. The number of hydrogen-bond donors (Lipinski definition) is 2. The zero-order chi connectivity index (χ0) is 19.3. The molecule has 2 heterocycles. The second-order valence-corrected chi connectivity index (χ2v) is 8.04. The van der Waals surface area contributed by atoms with Crippen LogP contribution in [0.4, 0.5) is 11.8 Å². The first kappa shape index (κ1) is 18.4. The predicted molar refractivity (Wildman–Crippen MR) is 126 cm³/mol. The van der Waals surface area contributed by atoms with E-state index in [-0.39, 0.29) is 11.7 Å². The number of halogens is 2. The predicted octanol–water partition coefficient (Wildman–Crippen LogP) is 4.18. The zero-order valence-electron chi connectivity index (χ0n) is 14.3. The van der Waals surface area contributed by atoms with Gasteiger partial charge in [-0.25, -0.2) is 4.98 Å². The van der Waals surface area contributed by atoms with Gasteiger partial charge in [0.05, 0.1) is 20.8 Å². The number of aromatic nitrogens is 3. The van der Waals surface area contributed by atoms with Crippen LogP contribution in [0.5, 0.6) is 0 Å². The molecular weight excluding hydrogens is 568 g/mol. The van der Waals surface area contributed by atoms with Gasteiger partial charge in [0.15, 0.2) is 5.78 Å². The summed E-state index contributed by atoms with van der Waals surface area (Å²) in [7, 11) is 2.00. The highest BCUT2D eigenvalue weighted by atomic mass is 127. The van der Waals surface area contributed by atoms with Gasteiger partial charge in [0.2, 0.25) is 5.95 Å². The lowest BCUT2D eigenvalue weighted by Gasteiger charge is -2.14. The smallest absolute Gasteiger partial charge is 0.222 e. The zero-order valence-corrected chi connectivity index (χ0v) is 18.6. The number of Topliss-reactive ketones (excluding diaryl/α,β-unsaturated/α-hetero) is 1. The summed E-state index contributed by atoms with van der Waals surface area (Å²) >= 11 is 4.37. The lowest BCUT2D eigenvalue weighted by Crippen LogP contribution is -2.04. The molecule has 27 heavy (non-hydrogen) atoms. The van der Waals surface area contributed by atoms with E-state index in [1.165, 1.54) is 0 Å². The molecule has 136 valence electrons. The Labute approximate surface area is 182 Å². The van der Waals surface area contributed by atoms with Gasteiger partial charge >= 0.3 is 0 Å². The van der Waals surface area contributed by atoms with E-state index in [4.69, 9.17) is 11.5 Å². The maximum Gasteiger partial charge on any atom is 0.222 e. The van der Waals surface area contributed by atoms with Crippen LogP contribution in [0.3, 0.4) is 0 Å². The SMILES string of the molecule is Cn1ccc2c3c(N)nc(N)nc3c(I)c(-c3ccc(C(=O)CI)cc3)c21. The van der Waals surface area contributed by atoms with Gasteiger partial charge in [-0.05, 0) is 34.2 Å². The maximum absolute atomic E-state index is 11.9. The van der Waals surface area contributed by atoms with E-state index in [2.05, 4.69) is 59.7 Å². The first-order chi connectivity index (χ1) is 12.9. The molecule has 0 unspecified atom stereocenters. The van der Waals surface area contributed by atoms with Gasteiger partial charge in [-0.3, -0.25) is 4.79 Å². The fraction of sp³-hybridized carbons (Fsp3) is 0.105. The van der Waals surface area contributed by atoms with Gasteiger partial charge in [0.25, 0.3) is 0 Å². The minimum atomic E-state index is 0.118. The van der Waals surface area contributed by atoms with Crippen molar-refractivity contribution in [3.05, 3.63) is 45.7 Å². The maximum atomic E-state index is 11.9. The normalized spacial score (nSPS) is 11.4. The second kappa shape index (κ2) is 6.89. The van der Waals surface area contributed by atoms with Crippen molar-refractivity contribution in [3.63, 3.8) is 0 Å². The van der Waals surface area contributed by atoms with Crippen LogP contribution < -0.4 is 11.5 Å². The number of ketones is 1. The van der Waals surface area contributed by atoms with Crippen molar-refractivity contribution in [1.29, 1.82) is 0 Å². The van der Waals surface area contributed by atoms with E-state index >= 15 is 0 Å². The molecule has 0 spiro atoms. The van der Waals surface area contributed by atoms with Crippen LogP contribution in [-0.2, 0) is 7.05 Å². The average molecular weight is 583 g/mol. The number of anilines is 2. The molecule has 0 radical (unpaired) electrons. The van der Waals surface area contributed by atoms with Crippen LogP contribution in [0.25, 0.3) is 32.9 Å². The first-order valence-corrected chi connectivity index (χ1v) is 10.7. The number of rotatable bonds is 3. The highest BCUT2D eigenvalue weighted by molar-refractivity contribution is 14.1. The van der Waals surface area contributed by atoms with Gasteiger partial charge in [-0.15, -0.1) is 0 Å². The van der Waals surface area contributed by atoms with Crippen molar-refractivity contribution in [2.45, 2.75) is 0 Å². The van der Waals surface area contributed by atoms with Crippen LogP contribution in [0.2, 0.25) is 0 Å². The minimum Gasteiger partial charge on any atom is -0.383 e. The Bertz CT molecular complexity index is 1210. The van der Waals surface area contributed by atoms with E-state index < -0.39 is 0 Å². The summed E-state index contributed by atoms with van der Waals surface area (Å²) in [5.74, 6) is 0.649. The van der Waals surface area contributed by atoms with E-state index in [0.29, 0.717) is 15.8 Å². The van der Waals surface area contributed by atoms with E-state index in [9.17, 15) is 4.79 Å². The highest BCUT2D eigenvalue weighted by Gasteiger charge is 2.20. The standard InChI is InChI=1S/C19H15I2N5O/c1-26-7-6-11-14-16(24-19(23)25-18(14)22)15(21)13(17(11)26)10-4-2-9(3-5-10)12(27)8-20/h2-7H,8H2,1H3,(H4,22,23,24,25). The molecule has 6 nitrogen and oxygen atoms in total. The summed E-state index contributed by atoms with van der Waals surface area (Å²) < 4.78 is 3.47. The Balaban J connectivity index is 2.09. The van der Waals surface area contributed by atoms with E-state index in [1.54, 1.807) is 0 Å². The minimum absolute atomic E-state index is 0.118. The third kappa shape index (κ3) is 2.94. The van der Waals surface area contributed by atoms with Crippen molar-refractivity contribution < 1.29 is 4.79 Å². The monoisotopic (exact) mass is 583 g/mol. The number of alkyl halides is 1. The Morgan fingerprint density at radius 3 is 2.52 bits per heavy atom. The summed E-state index contributed by atoms with van der Waals surface area (Å²) in [6, 6.07) is 9.70. The molecule has 2 aromatic heterocycles. The lowest BCUT2D eigenvalue weighted by molar-refractivity contribution is 0.102. The largest absolute Gasteiger partial charge is 0.383 e. The number of nitrogen functional groups attached to an aromatic ring is 2. The topological polar surface area (TPSA) is 99.8 Å². The Morgan fingerprint density at radius 2 is 1.85 bits per heavy atom. The van der Waals surface area contributed by atoms with Crippen LogP contribution in [0.1, 0.15) is 10.4 Å². The number of hydrogen-bond acceptors (Lipinski definition) is 5. The van der Waals surface area contributed by atoms with Crippen LogP contribution >= 0.6 is 45.2 Å². The Kier molecular flexibility index (Phi) is 4.70. The molecule has 4 aromatic rings. The molecule has 0 aliphatic heterocycles. The van der Waals surface area contributed by atoms with Crippen molar-refractivity contribution in [2.75, 3.05) is 15.9 Å². The molecule has 0 saturated carbocycles. The van der Waals surface area contributed by atoms with Gasteiger partial charge in [-0.1, -0.05) is 46.9 Å². The number of carbonyl (C=O) groups is 1. The number of nitrogens with two attached hydrogens (primary N) is 2. The molecule has 0 bridgehead atoms. The molecular formula is C19H15I2N5O. The summed E-state index contributed by atoms with van der Waals surface area (Å²) in [4.78, 5) is 20.5. The average Bonchev–Trinajstić information content (AvgIpc) is 3.03. The van der Waals surface area contributed by atoms with Crippen LogP contribution in [0, 0.1) is 3.57 Å². The van der Waals surface area contributed by atoms with Gasteiger partial charge in [0.1, 0.15) is 5.82 Å². The van der Waals surface area contributed by atoms with Gasteiger partial charge in [-0.2, -0.15) is 4.98 Å². The molecule has 0 saturated heterocycles. The Morgan fingerprint density at radius 1 is 1.15 bits per heavy atom. The molecule has 0 fully saturated rings. The fourth-order valence-electron chi connectivity index (χ4n) is 3.35. The van der Waals surface area contributed by atoms with Crippen molar-refractivity contribution in [3.8, 4) is 11.1 Å². The lowest BCUT2D eigenvalue weighted by atomic mass is 9.98. The molecule has 0 atom stereocenters. The van der Waals surface area contributed by atoms with Crippen LogP contribution in [-0.4, -0.2) is 24.7 Å². The molecule has 4 N–H and O–H groups in total. The number of fused-ring (bicyclic) bond motifs is 3. The van der Waals surface area contributed by atoms with E-state index in [1.807, 2.05) is 43.6 Å². The molecule has 2 aromatic carbocycles. The molecule has 0 aliphatic carbocycles. The van der Waals surface area contributed by atoms with Crippen molar-refractivity contribution in [2.24, 2.45) is 7.05 Å². The summed E-state index contributed by atoms with van der Waals surface area (Å²) in [6.07, 6.45) is 1.99. The number of nitrogens with zero attached hydrogens (tertiary/aromatic N) is 3.